The van der Waals surface area contributed by atoms with Crippen molar-refractivity contribution in [3.63, 3.8) is 0 Å². The summed E-state index contributed by atoms with van der Waals surface area (Å²) in [6.07, 6.45) is 0.536. The van der Waals surface area contributed by atoms with E-state index in [2.05, 4.69) is 10.2 Å². The first-order chi connectivity index (χ1) is 28.7. The Morgan fingerprint density at radius 2 is 0.833 bits per heavy atom. The van der Waals surface area contributed by atoms with Crippen LogP contribution in [0, 0.1) is 13.8 Å². The predicted octanol–water partition coefficient (Wildman–Crippen LogP) is 9.54. The fourth-order valence-corrected chi connectivity index (χ4v) is 9.25. The number of aliphatic carboxylic acids is 2. The van der Waals surface area contributed by atoms with Gasteiger partial charge >= 0.3 is 11.9 Å². The highest BCUT2D eigenvalue weighted by Gasteiger charge is 2.27. The maximum atomic E-state index is 14.1. The molecular formula is C46H44N4O8S2. The largest absolute Gasteiger partial charge is 0.481 e. The molecule has 0 radical (unpaired) electrons. The molecule has 14 heteroatoms. The first-order valence-corrected chi connectivity index (χ1v) is 22.0. The van der Waals surface area contributed by atoms with Gasteiger partial charge < -0.3 is 10.2 Å². The Kier molecular flexibility index (Phi) is 13.6. The molecule has 0 aliphatic heterocycles. The fraction of sp³-hybridized carbons (Fsp3) is 0.174. The molecule has 0 saturated heterocycles. The third-order valence-corrected chi connectivity index (χ3v) is 13.3. The van der Waals surface area contributed by atoms with Crippen molar-refractivity contribution < 1.29 is 36.6 Å². The van der Waals surface area contributed by atoms with E-state index in [-0.39, 0.29) is 35.7 Å². The van der Waals surface area contributed by atoms with Crippen molar-refractivity contribution in [1.82, 2.24) is 0 Å². The number of carbonyl (C=O) groups is 2. The standard InChI is InChI=1S/C46H44N4O8S2/c1-33-9-23-43(24-10-33)59(55,56)49(41-19-13-35(14-20-41)17-27-45(51)52)31-37-5-3-7-39(29-37)47-48-40-8-4-6-38(30-40)32-50(60(57,58)44-25-11-34(2)12-26-44)42-21-15-36(16-22-42)18-28-46(53)54/h3-16,19-26,29-30H,17-18,27-28,31-32H2,1-2H3,(H,51,52)(H,53,54). The van der Waals surface area contributed by atoms with E-state index in [1.807, 2.05) is 13.8 Å². The minimum Gasteiger partial charge on any atom is -0.481 e. The molecule has 0 fully saturated rings. The zero-order valence-corrected chi connectivity index (χ0v) is 34.7. The number of rotatable bonds is 18. The van der Waals surface area contributed by atoms with Crippen LogP contribution in [0.2, 0.25) is 0 Å². The number of carboxylic acid groups (broad SMARTS) is 2. The van der Waals surface area contributed by atoms with Crippen LogP contribution < -0.4 is 8.61 Å². The molecular weight excluding hydrogens is 801 g/mol. The van der Waals surface area contributed by atoms with E-state index in [4.69, 9.17) is 10.2 Å². The van der Waals surface area contributed by atoms with E-state index in [1.54, 1.807) is 146 Å². The van der Waals surface area contributed by atoms with Crippen LogP contribution >= 0.6 is 0 Å². The minimum atomic E-state index is -4.03. The number of hydrogen-bond acceptors (Lipinski definition) is 8. The van der Waals surface area contributed by atoms with Gasteiger partial charge in [-0.2, -0.15) is 10.2 Å². The molecule has 6 aromatic carbocycles. The van der Waals surface area contributed by atoms with Gasteiger partial charge in [0.1, 0.15) is 0 Å². The second kappa shape index (κ2) is 19.0. The highest BCUT2D eigenvalue weighted by atomic mass is 32.2. The average molecular weight is 845 g/mol. The molecule has 2 N–H and O–H groups in total. The number of aryl methyl sites for hydroxylation is 4. The lowest BCUT2D eigenvalue weighted by Crippen LogP contribution is -2.30. The summed E-state index contributed by atoms with van der Waals surface area (Å²) in [7, 11) is -8.06. The maximum absolute atomic E-state index is 14.1. The van der Waals surface area contributed by atoms with Gasteiger partial charge in [-0.3, -0.25) is 18.2 Å². The highest BCUT2D eigenvalue weighted by Crippen LogP contribution is 2.31. The van der Waals surface area contributed by atoms with E-state index < -0.39 is 32.0 Å². The summed E-state index contributed by atoms with van der Waals surface area (Å²) in [6, 6.07) is 40.9. The monoisotopic (exact) mass is 844 g/mol. The second-order valence-electron chi connectivity index (χ2n) is 14.3. The summed E-state index contributed by atoms with van der Waals surface area (Å²) >= 11 is 0. The normalized spacial score (nSPS) is 11.7. The topological polar surface area (TPSA) is 174 Å². The molecule has 0 aliphatic carbocycles. The number of benzene rings is 6. The molecule has 308 valence electrons. The van der Waals surface area contributed by atoms with Gasteiger partial charge in [0.05, 0.1) is 45.6 Å². The molecule has 0 unspecified atom stereocenters. The fourth-order valence-electron chi connectivity index (χ4n) is 6.35. The van der Waals surface area contributed by atoms with Gasteiger partial charge in [-0.15, -0.1) is 0 Å². The number of carboxylic acids is 2. The molecule has 0 bridgehead atoms. The van der Waals surface area contributed by atoms with Crippen LogP contribution in [0.3, 0.4) is 0 Å². The summed E-state index contributed by atoms with van der Waals surface area (Å²) in [5.41, 5.74) is 6.37. The van der Waals surface area contributed by atoms with Gasteiger partial charge in [-0.25, -0.2) is 16.8 Å². The smallest absolute Gasteiger partial charge is 0.303 e. The molecule has 6 aromatic rings. The van der Waals surface area contributed by atoms with Crippen LogP contribution in [0.1, 0.15) is 46.2 Å². The maximum Gasteiger partial charge on any atom is 0.303 e. The number of nitrogens with zero attached hydrogens (tertiary/aromatic N) is 4. The lowest BCUT2D eigenvalue weighted by atomic mass is 10.1. The zero-order chi connectivity index (χ0) is 42.9. The van der Waals surface area contributed by atoms with Crippen LogP contribution in [0.25, 0.3) is 0 Å². The molecule has 0 aromatic heterocycles. The van der Waals surface area contributed by atoms with Gasteiger partial charge in [-0.1, -0.05) is 83.9 Å². The Balaban J connectivity index is 1.25. The van der Waals surface area contributed by atoms with Crippen molar-refractivity contribution >= 4 is 54.7 Å². The molecule has 0 saturated carbocycles. The molecule has 0 atom stereocenters. The van der Waals surface area contributed by atoms with Gasteiger partial charge in [0.15, 0.2) is 0 Å². The molecule has 6 rings (SSSR count). The van der Waals surface area contributed by atoms with E-state index in [0.717, 1.165) is 22.3 Å². The number of azo groups is 1. The van der Waals surface area contributed by atoms with Crippen molar-refractivity contribution in [2.24, 2.45) is 10.2 Å². The first kappa shape index (κ1) is 43.0. The van der Waals surface area contributed by atoms with Gasteiger partial charge in [0, 0.05) is 12.8 Å². The lowest BCUT2D eigenvalue weighted by molar-refractivity contribution is -0.138. The summed E-state index contributed by atoms with van der Waals surface area (Å²) < 4.78 is 59.0. The van der Waals surface area contributed by atoms with Crippen LogP contribution in [-0.4, -0.2) is 39.0 Å². The van der Waals surface area contributed by atoms with Gasteiger partial charge in [0.2, 0.25) is 0 Å². The van der Waals surface area contributed by atoms with Crippen LogP contribution in [0.15, 0.2) is 166 Å². The minimum absolute atomic E-state index is 0.0324. The Hall–Kier alpha value is -6.64. The van der Waals surface area contributed by atoms with E-state index >= 15 is 0 Å². The van der Waals surface area contributed by atoms with Crippen LogP contribution in [0.4, 0.5) is 22.7 Å². The van der Waals surface area contributed by atoms with Crippen LogP contribution in [0.5, 0.6) is 0 Å². The van der Waals surface area contributed by atoms with Gasteiger partial charge in [-0.05, 0) is 122 Å². The molecule has 0 aliphatic rings. The Morgan fingerprint density at radius 1 is 0.483 bits per heavy atom. The summed E-state index contributed by atoms with van der Waals surface area (Å²) in [6.45, 7) is 3.69. The quantitative estimate of drug-likeness (QED) is 0.0805. The van der Waals surface area contributed by atoms with Crippen molar-refractivity contribution in [2.45, 2.75) is 62.4 Å². The Labute approximate surface area is 350 Å². The van der Waals surface area contributed by atoms with Crippen molar-refractivity contribution in [3.8, 4) is 0 Å². The average Bonchev–Trinajstić information content (AvgIpc) is 3.23. The first-order valence-electron chi connectivity index (χ1n) is 19.1. The molecule has 60 heavy (non-hydrogen) atoms. The van der Waals surface area contributed by atoms with Crippen LogP contribution in [-0.2, 0) is 55.6 Å². The van der Waals surface area contributed by atoms with E-state index in [9.17, 15) is 26.4 Å². The van der Waals surface area contributed by atoms with Gasteiger partial charge in [0.25, 0.3) is 20.0 Å². The Morgan fingerprint density at radius 3 is 1.17 bits per heavy atom. The third kappa shape index (κ3) is 11.1. The van der Waals surface area contributed by atoms with E-state index in [0.29, 0.717) is 46.7 Å². The molecule has 0 spiro atoms. The van der Waals surface area contributed by atoms with Crippen molar-refractivity contribution in [1.29, 1.82) is 0 Å². The molecule has 12 nitrogen and oxygen atoms in total. The summed E-state index contributed by atoms with van der Waals surface area (Å²) in [5, 5.41) is 27.1. The highest BCUT2D eigenvalue weighted by molar-refractivity contribution is 7.93. The second-order valence-corrected chi connectivity index (χ2v) is 18.0. The lowest BCUT2D eigenvalue weighted by Gasteiger charge is -2.25. The molecule has 0 amide bonds. The SMILES string of the molecule is Cc1ccc(S(=O)(=O)N(Cc2cccc(N=Nc3cccc(CN(c4ccc(CCC(=O)O)cc4)S(=O)(=O)c4ccc(C)cc4)c3)c2)c2ccc(CCC(=O)O)cc2)cc1. The molecule has 0 heterocycles. The number of hydrogen-bond donors (Lipinski definition) is 2. The number of sulfonamides is 2. The van der Waals surface area contributed by atoms with Crippen molar-refractivity contribution in [2.75, 3.05) is 8.61 Å². The summed E-state index contributed by atoms with van der Waals surface area (Å²) in [5.74, 6) is -1.84. The van der Waals surface area contributed by atoms with Crippen molar-refractivity contribution in [3.05, 3.63) is 179 Å². The zero-order valence-electron chi connectivity index (χ0n) is 33.0. The van der Waals surface area contributed by atoms with E-state index in [1.165, 1.54) is 8.61 Å². The summed E-state index contributed by atoms with van der Waals surface area (Å²) in [4.78, 5) is 22.5. The predicted molar refractivity (Wildman–Crippen MR) is 231 cm³/mol. The third-order valence-electron chi connectivity index (χ3n) is 9.68. The Bertz CT molecular complexity index is 2520. The number of anilines is 2.